The summed E-state index contributed by atoms with van der Waals surface area (Å²) in [4.78, 5) is 35.5. The van der Waals surface area contributed by atoms with E-state index in [4.69, 9.17) is 23.7 Å². The summed E-state index contributed by atoms with van der Waals surface area (Å²) in [7, 11) is 0. The Bertz CT molecular complexity index is 1340. The summed E-state index contributed by atoms with van der Waals surface area (Å²) in [5, 5.41) is 0. The summed E-state index contributed by atoms with van der Waals surface area (Å²) in [5.74, 6) is 0.107. The van der Waals surface area contributed by atoms with Gasteiger partial charge in [-0.15, -0.1) is 0 Å². The van der Waals surface area contributed by atoms with E-state index in [-0.39, 0.29) is 12.7 Å². The lowest BCUT2D eigenvalue weighted by Gasteiger charge is -2.18. The number of hydrogen-bond acceptors (Lipinski definition) is 8. The predicted molar refractivity (Wildman–Crippen MR) is 148 cm³/mol. The third-order valence-corrected chi connectivity index (χ3v) is 6.02. The van der Waals surface area contributed by atoms with Crippen LogP contribution in [-0.2, 0) is 19.1 Å². The fourth-order valence-electron chi connectivity index (χ4n) is 3.92. The summed E-state index contributed by atoms with van der Waals surface area (Å²) >= 11 is 0. The number of carbonyl (C=O) groups is 3. The average Bonchev–Trinajstić information content (AvgIpc) is 3.29. The molecule has 40 heavy (non-hydrogen) atoms. The Kier molecular flexibility index (Phi) is 9.35. The van der Waals surface area contributed by atoms with Crippen LogP contribution in [-0.4, -0.2) is 36.9 Å². The molecule has 8 heteroatoms. The van der Waals surface area contributed by atoms with Crippen LogP contribution >= 0.6 is 0 Å². The Balaban J connectivity index is 1.29. The minimum absolute atomic E-state index is 0.210. The molecule has 3 aromatic carbocycles. The van der Waals surface area contributed by atoms with Gasteiger partial charge in [-0.25, -0.2) is 14.4 Å². The van der Waals surface area contributed by atoms with Crippen LogP contribution in [0, 0.1) is 0 Å². The molecule has 3 aromatic rings. The zero-order valence-electron chi connectivity index (χ0n) is 22.2. The Morgan fingerprint density at radius 3 is 2.10 bits per heavy atom. The van der Waals surface area contributed by atoms with Crippen molar-refractivity contribution in [2.45, 2.75) is 38.6 Å². The number of rotatable bonds is 12. The molecule has 206 valence electrons. The van der Waals surface area contributed by atoms with Crippen LogP contribution in [0.15, 0.2) is 97.6 Å². The van der Waals surface area contributed by atoms with E-state index in [1.807, 2.05) is 31.2 Å². The molecule has 0 bridgehead atoms. The lowest BCUT2D eigenvalue weighted by atomic mass is 10.1. The zero-order chi connectivity index (χ0) is 28.5. The number of esters is 3. The van der Waals surface area contributed by atoms with Gasteiger partial charge in [-0.3, -0.25) is 0 Å². The highest BCUT2D eigenvalue weighted by molar-refractivity contribution is 5.91. The van der Waals surface area contributed by atoms with Gasteiger partial charge in [0.15, 0.2) is 0 Å². The van der Waals surface area contributed by atoms with Gasteiger partial charge in [0.25, 0.3) is 0 Å². The van der Waals surface area contributed by atoms with E-state index >= 15 is 0 Å². The molecule has 1 saturated heterocycles. The monoisotopic (exact) mass is 542 g/mol. The van der Waals surface area contributed by atoms with E-state index in [1.165, 1.54) is 0 Å². The SMILES string of the molecule is C=CC(=O)OC(CCC)Oc1ccc(-c2ccc(OC(=O)c3ccc(OCC4CC(=C)C(=O)O4)cc3)cc2)cc1. The van der Waals surface area contributed by atoms with Crippen molar-refractivity contribution in [1.29, 1.82) is 0 Å². The zero-order valence-corrected chi connectivity index (χ0v) is 22.2. The predicted octanol–water partition coefficient (Wildman–Crippen LogP) is 6.06. The Hall–Kier alpha value is -4.85. The van der Waals surface area contributed by atoms with Crippen LogP contribution in [0.2, 0.25) is 0 Å². The summed E-state index contributed by atoms with van der Waals surface area (Å²) in [6.07, 6.45) is 1.87. The lowest BCUT2D eigenvalue weighted by Crippen LogP contribution is -2.23. The summed E-state index contributed by atoms with van der Waals surface area (Å²) in [5.41, 5.74) is 2.67. The van der Waals surface area contributed by atoms with Crippen molar-refractivity contribution in [2.75, 3.05) is 6.61 Å². The largest absolute Gasteiger partial charge is 0.490 e. The van der Waals surface area contributed by atoms with E-state index in [0.717, 1.165) is 23.6 Å². The second-order valence-electron chi connectivity index (χ2n) is 9.09. The highest BCUT2D eigenvalue weighted by atomic mass is 16.7. The molecule has 2 atom stereocenters. The number of ether oxygens (including phenoxy) is 5. The maximum atomic E-state index is 12.6. The van der Waals surface area contributed by atoms with Crippen LogP contribution in [0.25, 0.3) is 11.1 Å². The van der Waals surface area contributed by atoms with E-state index in [9.17, 15) is 14.4 Å². The maximum absolute atomic E-state index is 12.6. The average molecular weight is 543 g/mol. The van der Waals surface area contributed by atoms with Crippen molar-refractivity contribution in [3.05, 3.63) is 103 Å². The van der Waals surface area contributed by atoms with Gasteiger partial charge in [0.05, 0.1) is 5.56 Å². The minimum atomic E-state index is -0.682. The van der Waals surface area contributed by atoms with Crippen molar-refractivity contribution in [1.82, 2.24) is 0 Å². The van der Waals surface area contributed by atoms with Crippen LogP contribution < -0.4 is 14.2 Å². The molecule has 0 aromatic heterocycles. The number of carbonyl (C=O) groups excluding carboxylic acids is 3. The van der Waals surface area contributed by atoms with E-state index in [2.05, 4.69) is 13.2 Å². The highest BCUT2D eigenvalue weighted by Crippen LogP contribution is 2.26. The molecule has 0 saturated carbocycles. The standard InChI is InChI=1S/C32H30O8/c1-4-6-30(40-29(33)5-2)37-26-15-7-22(8-16-26)23-9-17-27(18-10-23)38-32(35)24-11-13-25(14-12-24)36-20-28-19-21(3)31(34)39-28/h5,7-18,28,30H,2-4,6,19-20H2,1H3. The third-order valence-electron chi connectivity index (χ3n) is 6.02. The molecule has 4 rings (SSSR count). The second kappa shape index (κ2) is 13.3. The van der Waals surface area contributed by atoms with Gasteiger partial charge in [-0.05, 0) is 66.1 Å². The molecule has 8 nitrogen and oxygen atoms in total. The van der Waals surface area contributed by atoms with Crippen molar-refractivity contribution < 1.29 is 38.1 Å². The first-order valence-corrected chi connectivity index (χ1v) is 12.9. The minimum Gasteiger partial charge on any atom is -0.490 e. The Labute approximate surface area is 232 Å². The quantitative estimate of drug-likeness (QED) is 0.118. The van der Waals surface area contributed by atoms with Crippen molar-refractivity contribution in [3.8, 4) is 28.4 Å². The molecular formula is C32H30O8. The second-order valence-corrected chi connectivity index (χ2v) is 9.09. The van der Waals surface area contributed by atoms with Gasteiger partial charge < -0.3 is 23.7 Å². The van der Waals surface area contributed by atoms with Crippen LogP contribution in [0.5, 0.6) is 17.2 Å². The first-order chi connectivity index (χ1) is 19.3. The van der Waals surface area contributed by atoms with Crippen LogP contribution in [0.1, 0.15) is 36.5 Å². The van der Waals surface area contributed by atoms with Gasteiger partial charge in [0, 0.05) is 24.5 Å². The molecule has 2 unspecified atom stereocenters. The number of cyclic esters (lactones) is 1. The van der Waals surface area contributed by atoms with Gasteiger partial charge in [-0.1, -0.05) is 44.3 Å². The molecule has 0 N–H and O–H groups in total. The summed E-state index contributed by atoms with van der Waals surface area (Å²) < 4.78 is 27.3. The topological polar surface area (TPSA) is 97.4 Å². The van der Waals surface area contributed by atoms with Gasteiger partial charge in [0.2, 0.25) is 6.29 Å². The lowest BCUT2D eigenvalue weighted by molar-refractivity contribution is -0.158. The molecule has 1 heterocycles. The Morgan fingerprint density at radius 2 is 1.55 bits per heavy atom. The number of benzene rings is 3. The van der Waals surface area contributed by atoms with Crippen molar-refractivity contribution in [2.24, 2.45) is 0 Å². The number of hydrogen-bond donors (Lipinski definition) is 0. The molecule has 0 spiro atoms. The van der Waals surface area contributed by atoms with Gasteiger partial charge >= 0.3 is 17.9 Å². The highest BCUT2D eigenvalue weighted by Gasteiger charge is 2.27. The summed E-state index contributed by atoms with van der Waals surface area (Å²) in [6, 6.07) is 21.1. The fourth-order valence-corrected chi connectivity index (χ4v) is 3.92. The molecular weight excluding hydrogens is 512 g/mol. The van der Waals surface area contributed by atoms with Gasteiger partial charge in [0.1, 0.15) is 30.0 Å². The van der Waals surface area contributed by atoms with Gasteiger partial charge in [-0.2, -0.15) is 0 Å². The molecule has 0 radical (unpaired) electrons. The van der Waals surface area contributed by atoms with E-state index in [0.29, 0.717) is 41.2 Å². The molecule has 1 aliphatic rings. The molecule has 1 fully saturated rings. The van der Waals surface area contributed by atoms with Crippen LogP contribution in [0.4, 0.5) is 0 Å². The molecule has 0 aliphatic carbocycles. The Morgan fingerprint density at radius 1 is 0.950 bits per heavy atom. The summed E-state index contributed by atoms with van der Waals surface area (Å²) in [6.45, 7) is 9.25. The smallest absolute Gasteiger partial charge is 0.343 e. The van der Waals surface area contributed by atoms with E-state index in [1.54, 1.807) is 48.5 Å². The normalized spacial score (nSPS) is 15.1. The first-order valence-electron chi connectivity index (χ1n) is 12.9. The van der Waals surface area contributed by atoms with E-state index < -0.39 is 24.2 Å². The first kappa shape index (κ1) is 28.2. The van der Waals surface area contributed by atoms with Crippen LogP contribution in [0.3, 0.4) is 0 Å². The fraction of sp³-hybridized carbons (Fsp3) is 0.219. The molecule has 0 amide bonds. The van der Waals surface area contributed by atoms with Crippen molar-refractivity contribution >= 4 is 17.9 Å². The third kappa shape index (κ3) is 7.60. The van der Waals surface area contributed by atoms with Crippen molar-refractivity contribution in [3.63, 3.8) is 0 Å². The maximum Gasteiger partial charge on any atom is 0.343 e. The molecule has 1 aliphatic heterocycles.